The highest BCUT2D eigenvalue weighted by atomic mass is 16.5. The summed E-state index contributed by atoms with van der Waals surface area (Å²) in [5.74, 6) is 1.23. The summed E-state index contributed by atoms with van der Waals surface area (Å²) in [5.41, 5.74) is 1.58. The van der Waals surface area contributed by atoms with Crippen LogP contribution in [-0.4, -0.2) is 41.4 Å². The number of nitrogens with one attached hydrogen (secondary N) is 1. The lowest BCUT2D eigenvalue weighted by Crippen LogP contribution is -2.43. The molecule has 0 radical (unpaired) electrons. The minimum atomic E-state index is -0.551. The van der Waals surface area contributed by atoms with Crippen molar-refractivity contribution in [3.05, 3.63) is 66.2 Å². The number of hydrogen-bond donors (Lipinski definition) is 1. The zero-order valence-corrected chi connectivity index (χ0v) is 17.3. The van der Waals surface area contributed by atoms with Gasteiger partial charge < -0.3 is 24.1 Å². The molecule has 1 fully saturated rings. The van der Waals surface area contributed by atoms with E-state index in [9.17, 15) is 9.59 Å². The summed E-state index contributed by atoms with van der Waals surface area (Å²) in [7, 11) is 1.58. The van der Waals surface area contributed by atoms with Gasteiger partial charge in [0, 0.05) is 12.6 Å². The fraction of sp³-hybridized carbons (Fsp3) is 0.261. The maximum atomic E-state index is 12.8. The van der Waals surface area contributed by atoms with E-state index in [4.69, 9.17) is 13.9 Å². The molecular formula is C23H23N3O5. The quantitative estimate of drug-likeness (QED) is 0.646. The summed E-state index contributed by atoms with van der Waals surface area (Å²) in [5, 5.41) is 2.83. The summed E-state index contributed by atoms with van der Waals surface area (Å²) in [6.07, 6.45) is 4.31. The molecule has 0 saturated carbocycles. The second-order valence-corrected chi connectivity index (χ2v) is 7.26. The van der Waals surface area contributed by atoms with Crippen molar-refractivity contribution in [3.63, 3.8) is 0 Å². The molecule has 0 unspecified atom stereocenters. The highest BCUT2D eigenvalue weighted by Crippen LogP contribution is 2.31. The molecule has 0 bridgehead atoms. The van der Waals surface area contributed by atoms with Gasteiger partial charge in [0.05, 0.1) is 25.3 Å². The highest BCUT2D eigenvalue weighted by Gasteiger charge is 2.35. The Morgan fingerprint density at radius 2 is 2.06 bits per heavy atom. The molecule has 4 rings (SSSR count). The number of ether oxygens (including phenoxy) is 2. The van der Waals surface area contributed by atoms with Crippen LogP contribution in [0.3, 0.4) is 0 Å². The van der Waals surface area contributed by atoms with E-state index in [0.29, 0.717) is 36.0 Å². The predicted octanol–water partition coefficient (Wildman–Crippen LogP) is 4.03. The van der Waals surface area contributed by atoms with Gasteiger partial charge in [0.15, 0.2) is 17.3 Å². The number of amides is 2. The number of hydrogen-bond acceptors (Lipinski definition) is 6. The lowest BCUT2D eigenvalue weighted by Gasteiger charge is -2.23. The van der Waals surface area contributed by atoms with Crippen LogP contribution in [0.1, 0.15) is 29.0 Å². The van der Waals surface area contributed by atoms with E-state index in [1.54, 1.807) is 36.3 Å². The van der Waals surface area contributed by atoms with Gasteiger partial charge in [-0.2, -0.15) is 0 Å². The lowest BCUT2D eigenvalue weighted by molar-refractivity contribution is -0.119. The van der Waals surface area contributed by atoms with E-state index in [1.165, 1.54) is 12.5 Å². The van der Waals surface area contributed by atoms with Gasteiger partial charge in [-0.15, -0.1) is 0 Å². The van der Waals surface area contributed by atoms with E-state index in [1.807, 2.05) is 25.1 Å². The smallest absolute Gasteiger partial charge is 0.290 e. The van der Waals surface area contributed by atoms with E-state index in [2.05, 4.69) is 10.3 Å². The van der Waals surface area contributed by atoms with Gasteiger partial charge in [-0.05, 0) is 55.7 Å². The maximum absolute atomic E-state index is 12.8. The lowest BCUT2D eigenvalue weighted by atomic mass is 10.2. The van der Waals surface area contributed by atoms with Crippen molar-refractivity contribution in [2.45, 2.75) is 25.8 Å². The van der Waals surface area contributed by atoms with Crippen molar-refractivity contribution in [1.29, 1.82) is 0 Å². The van der Waals surface area contributed by atoms with Crippen LogP contribution in [0.5, 0.6) is 17.4 Å². The third-order valence-corrected chi connectivity index (χ3v) is 5.09. The zero-order valence-electron chi connectivity index (χ0n) is 17.3. The molecule has 2 aromatic heterocycles. The van der Waals surface area contributed by atoms with Crippen molar-refractivity contribution < 1.29 is 23.5 Å². The summed E-state index contributed by atoms with van der Waals surface area (Å²) in [4.78, 5) is 31.2. The SMILES string of the molecule is COc1cc(C)ccc1Oc1ccc(NC(=O)[C@@H]2CCCN2C(=O)c2ccco2)cn1. The summed E-state index contributed by atoms with van der Waals surface area (Å²) < 4.78 is 16.3. The normalized spacial score (nSPS) is 15.5. The van der Waals surface area contributed by atoms with Crippen molar-refractivity contribution in [1.82, 2.24) is 9.88 Å². The van der Waals surface area contributed by atoms with Gasteiger partial charge in [0.2, 0.25) is 11.8 Å². The first-order valence-corrected chi connectivity index (χ1v) is 9.99. The van der Waals surface area contributed by atoms with Crippen molar-refractivity contribution in [3.8, 4) is 17.4 Å². The van der Waals surface area contributed by atoms with Gasteiger partial charge in [-0.1, -0.05) is 6.07 Å². The Bertz CT molecular complexity index is 1060. The summed E-state index contributed by atoms with van der Waals surface area (Å²) in [6.45, 7) is 2.48. The molecule has 160 valence electrons. The maximum Gasteiger partial charge on any atom is 0.290 e. The Hall–Kier alpha value is -3.81. The van der Waals surface area contributed by atoms with Crippen molar-refractivity contribution >= 4 is 17.5 Å². The zero-order chi connectivity index (χ0) is 21.8. The van der Waals surface area contributed by atoms with Crippen LogP contribution in [0.25, 0.3) is 0 Å². The summed E-state index contributed by atoms with van der Waals surface area (Å²) in [6, 6.07) is 11.7. The second kappa shape index (κ2) is 8.91. The van der Waals surface area contributed by atoms with Crippen LogP contribution in [-0.2, 0) is 4.79 Å². The molecule has 31 heavy (non-hydrogen) atoms. The fourth-order valence-corrected chi connectivity index (χ4v) is 3.54. The Kier molecular flexibility index (Phi) is 5.88. The molecule has 0 aliphatic carbocycles. The minimum Gasteiger partial charge on any atom is -0.493 e. The van der Waals surface area contributed by atoms with Crippen molar-refractivity contribution in [2.24, 2.45) is 0 Å². The standard InChI is InChI=1S/C23H23N3O5/c1-15-7-9-18(20(13-15)29-2)31-21-10-8-16(14-24-21)25-22(27)17-5-3-11-26(17)23(28)19-6-4-12-30-19/h4,6-10,12-14,17H,3,5,11H2,1-2H3,(H,25,27)/t17-/m0/s1. The van der Waals surface area contributed by atoms with E-state index in [-0.39, 0.29) is 17.6 Å². The number of carbonyl (C=O) groups is 2. The molecule has 8 heteroatoms. The van der Waals surface area contributed by atoms with Gasteiger partial charge >= 0.3 is 0 Å². The average Bonchev–Trinajstić information content (AvgIpc) is 3.48. The largest absolute Gasteiger partial charge is 0.493 e. The molecule has 1 aliphatic rings. The average molecular weight is 421 g/mol. The van der Waals surface area contributed by atoms with Gasteiger partial charge in [0.1, 0.15) is 6.04 Å². The molecule has 2 amide bonds. The number of benzene rings is 1. The molecule has 3 heterocycles. The molecule has 0 spiro atoms. The predicted molar refractivity (Wildman–Crippen MR) is 113 cm³/mol. The van der Waals surface area contributed by atoms with Crippen molar-refractivity contribution in [2.75, 3.05) is 19.0 Å². The molecule has 1 saturated heterocycles. The number of aromatic nitrogens is 1. The van der Waals surface area contributed by atoms with Crippen LogP contribution in [0.4, 0.5) is 5.69 Å². The van der Waals surface area contributed by atoms with Crippen LogP contribution >= 0.6 is 0 Å². The Morgan fingerprint density at radius 3 is 2.77 bits per heavy atom. The highest BCUT2D eigenvalue weighted by molar-refractivity contribution is 6.00. The first-order valence-electron chi connectivity index (χ1n) is 9.99. The molecule has 8 nitrogen and oxygen atoms in total. The minimum absolute atomic E-state index is 0.231. The van der Waals surface area contributed by atoms with Crippen LogP contribution in [0.15, 0.2) is 59.3 Å². The number of rotatable bonds is 6. The topological polar surface area (TPSA) is 93.9 Å². The molecule has 1 atom stereocenters. The van der Waals surface area contributed by atoms with E-state index >= 15 is 0 Å². The number of carbonyl (C=O) groups excluding carboxylic acids is 2. The van der Waals surface area contributed by atoms with Gasteiger partial charge in [-0.3, -0.25) is 9.59 Å². The monoisotopic (exact) mass is 421 g/mol. The molecule has 3 aromatic rings. The first kappa shape index (κ1) is 20.5. The number of nitrogens with zero attached hydrogens (tertiary/aromatic N) is 2. The van der Waals surface area contributed by atoms with E-state index in [0.717, 1.165) is 12.0 Å². The number of pyridine rings is 1. The van der Waals surface area contributed by atoms with Crippen LogP contribution in [0, 0.1) is 6.92 Å². The number of methoxy groups -OCH3 is 1. The Morgan fingerprint density at radius 1 is 1.19 bits per heavy atom. The third kappa shape index (κ3) is 4.53. The second-order valence-electron chi connectivity index (χ2n) is 7.26. The molecular weight excluding hydrogens is 398 g/mol. The third-order valence-electron chi connectivity index (χ3n) is 5.09. The Labute approximate surface area is 179 Å². The number of likely N-dealkylation sites (tertiary alicyclic amines) is 1. The number of furan rings is 1. The fourth-order valence-electron chi connectivity index (χ4n) is 3.54. The van der Waals surface area contributed by atoms with Crippen LogP contribution < -0.4 is 14.8 Å². The number of anilines is 1. The summed E-state index contributed by atoms with van der Waals surface area (Å²) >= 11 is 0. The molecule has 1 aromatic carbocycles. The van der Waals surface area contributed by atoms with Gasteiger partial charge in [-0.25, -0.2) is 4.98 Å². The molecule has 1 N–H and O–H groups in total. The Balaban J connectivity index is 1.40. The van der Waals surface area contributed by atoms with Gasteiger partial charge in [0.25, 0.3) is 5.91 Å². The van der Waals surface area contributed by atoms with Crippen LogP contribution in [0.2, 0.25) is 0 Å². The number of aryl methyl sites for hydroxylation is 1. The first-order chi connectivity index (χ1) is 15.0. The van der Waals surface area contributed by atoms with E-state index < -0.39 is 6.04 Å². The molecule has 1 aliphatic heterocycles.